The zero-order valence-electron chi connectivity index (χ0n) is 17.5. The fourth-order valence-electron chi connectivity index (χ4n) is 2.77. The molecule has 2 heteroatoms. The molecule has 0 aliphatic heterocycles. The van der Waals surface area contributed by atoms with Crippen molar-refractivity contribution in [2.75, 3.05) is 0 Å². The molecule has 0 aliphatic rings. The van der Waals surface area contributed by atoms with Gasteiger partial charge in [0.15, 0.2) is 0 Å². The number of carboxylic acid groups (broad SMARTS) is 1. The van der Waals surface area contributed by atoms with Crippen LogP contribution >= 0.6 is 0 Å². The van der Waals surface area contributed by atoms with Crippen LogP contribution in [0.2, 0.25) is 0 Å². The van der Waals surface area contributed by atoms with E-state index in [4.69, 9.17) is 9.22 Å². The van der Waals surface area contributed by atoms with E-state index in [-0.39, 0.29) is 6.42 Å². The minimum Gasteiger partial charge on any atom is -0.481 e. The highest BCUT2D eigenvalue weighted by Gasteiger charge is 2.11. The fraction of sp³-hybridized carbons (Fsp3) is 0.947. The standard InChI is InChI=1S/C19H38O2/c1-15(2)9-6-10-16(3)11-7-12-17(4)13-8-14-18(5)19(20)21/h15-18H,6-14H2,1-5H3,(H,20,21)/i5D3. The molecule has 0 saturated heterocycles. The van der Waals surface area contributed by atoms with Crippen molar-refractivity contribution in [3.05, 3.63) is 0 Å². The Morgan fingerprint density at radius 1 is 0.857 bits per heavy atom. The maximum atomic E-state index is 11.0. The van der Waals surface area contributed by atoms with E-state index >= 15 is 0 Å². The Bertz CT molecular complexity index is 340. The quantitative estimate of drug-likeness (QED) is 0.443. The van der Waals surface area contributed by atoms with Gasteiger partial charge in [-0.05, 0) is 24.2 Å². The maximum absolute atomic E-state index is 11.0. The van der Waals surface area contributed by atoms with Crippen LogP contribution in [0.4, 0.5) is 0 Å². The zero-order chi connectivity index (χ0) is 18.8. The second-order valence-electron chi connectivity index (χ2n) is 7.29. The molecular formula is C19H38O2. The molecule has 0 amide bonds. The lowest BCUT2D eigenvalue weighted by molar-refractivity contribution is -0.141. The fourth-order valence-corrected chi connectivity index (χ4v) is 2.77. The molecule has 0 aromatic heterocycles. The number of carbonyl (C=O) groups is 1. The monoisotopic (exact) mass is 301 g/mol. The van der Waals surface area contributed by atoms with Crippen molar-refractivity contribution in [2.24, 2.45) is 23.7 Å². The lowest BCUT2D eigenvalue weighted by Crippen LogP contribution is -2.09. The maximum Gasteiger partial charge on any atom is 0.306 e. The average Bonchev–Trinajstić information content (AvgIpc) is 2.41. The second-order valence-corrected chi connectivity index (χ2v) is 7.29. The summed E-state index contributed by atoms with van der Waals surface area (Å²) in [5.41, 5.74) is 0. The van der Waals surface area contributed by atoms with Crippen molar-refractivity contribution in [1.29, 1.82) is 0 Å². The van der Waals surface area contributed by atoms with Crippen molar-refractivity contribution in [1.82, 2.24) is 0 Å². The van der Waals surface area contributed by atoms with Gasteiger partial charge in [0.2, 0.25) is 0 Å². The molecule has 3 atom stereocenters. The van der Waals surface area contributed by atoms with Gasteiger partial charge in [-0.15, -0.1) is 0 Å². The van der Waals surface area contributed by atoms with Gasteiger partial charge in [-0.1, -0.05) is 85.9 Å². The summed E-state index contributed by atoms with van der Waals surface area (Å²) < 4.78 is 21.9. The van der Waals surface area contributed by atoms with Crippen molar-refractivity contribution < 1.29 is 14.0 Å². The molecule has 0 heterocycles. The van der Waals surface area contributed by atoms with Crippen LogP contribution in [-0.4, -0.2) is 11.1 Å². The van der Waals surface area contributed by atoms with E-state index in [1.54, 1.807) is 0 Å². The van der Waals surface area contributed by atoms with E-state index in [1.165, 1.54) is 32.1 Å². The molecule has 1 N–H and O–H groups in total. The number of carboxylic acids is 1. The van der Waals surface area contributed by atoms with E-state index in [9.17, 15) is 4.79 Å². The summed E-state index contributed by atoms with van der Waals surface area (Å²) in [6, 6.07) is 0. The van der Waals surface area contributed by atoms with Crippen molar-refractivity contribution in [2.45, 2.75) is 92.3 Å². The Hall–Kier alpha value is -0.530. The van der Waals surface area contributed by atoms with E-state index < -0.39 is 18.7 Å². The highest BCUT2D eigenvalue weighted by molar-refractivity contribution is 5.69. The molecule has 0 rings (SSSR count). The topological polar surface area (TPSA) is 37.3 Å². The minimum absolute atomic E-state index is 0.252. The summed E-state index contributed by atoms with van der Waals surface area (Å²) >= 11 is 0. The third-order valence-corrected chi connectivity index (χ3v) is 4.36. The van der Waals surface area contributed by atoms with Crippen LogP contribution < -0.4 is 0 Å². The van der Waals surface area contributed by atoms with Gasteiger partial charge in [-0.25, -0.2) is 0 Å². The second kappa shape index (κ2) is 12.1. The van der Waals surface area contributed by atoms with Crippen molar-refractivity contribution >= 4 is 5.97 Å². The number of hydrogen-bond acceptors (Lipinski definition) is 1. The summed E-state index contributed by atoms with van der Waals surface area (Å²) in [4.78, 5) is 11.0. The molecular weight excluding hydrogens is 260 g/mol. The first kappa shape index (κ1) is 15.4. The van der Waals surface area contributed by atoms with Crippen LogP contribution in [0.1, 0.15) is 96.4 Å². The SMILES string of the molecule is [2H]C([2H])([2H])C(CCCC(C)CCCC(C)CCCC(C)C)C(=O)O. The number of rotatable bonds is 13. The molecule has 0 aromatic rings. The summed E-state index contributed by atoms with van der Waals surface area (Å²) in [6.07, 6.45) is 9.42. The van der Waals surface area contributed by atoms with Gasteiger partial charge in [0.05, 0.1) is 5.92 Å². The smallest absolute Gasteiger partial charge is 0.306 e. The summed E-state index contributed by atoms with van der Waals surface area (Å²) in [5, 5.41) is 9.02. The van der Waals surface area contributed by atoms with Gasteiger partial charge in [0.1, 0.15) is 0 Å². The van der Waals surface area contributed by atoms with Crippen LogP contribution in [0.3, 0.4) is 0 Å². The van der Waals surface area contributed by atoms with E-state index in [1.807, 2.05) is 0 Å². The van der Waals surface area contributed by atoms with Gasteiger partial charge in [-0.2, -0.15) is 0 Å². The molecule has 126 valence electrons. The summed E-state index contributed by atoms with van der Waals surface area (Å²) in [6.45, 7) is 6.68. The highest BCUT2D eigenvalue weighted by atomic mass is 16.4. The van der Waals surface area contributed by atoms with Crippen molar-refractivity contribution in [3.63, 3.8) is 0 Å². The van der Waals surface area contributed by atoms with E-state index in [0.29, 0.717) is 12.3 Å². The number of aliphatic carboxylic acids is 1. The molecule has 21 heavy (non-hydrogen) atoms. The molecule has 0 spiro atoms. The third-order valence-electron chi connectivity index (χ3n) is 4.36. The predicted octanol–water partition coefficient (Wildman–Crippen LogP) is 6.15. The van der Waals surface area contributed by atoms with Gasteiger partial charge in [0.25, 0.3) is 0 Å². The van der Waals surface area contributed by atoms with Crippen LogP contribution in [-0.2, 0) is 4.79 Å². The van der Waals surface area contributed by atoms with Crippen LogP contribution in [0.5, 0.6) is 0 Å². The lowest BCUT2D eigenvalue weighted by Gasteiger charge is -2.15. The molecule has 0 radical (unpaired) electrons. The van der Waals surface area contributed by atoms with Crippen molar-refractivity contribution in [3.8, 4) is 0 Å². The highest BCUT2D eigenvalue weighted by Crippen LogP contribution is 2.22. The first-order chi connectivity index (χ1) is 11.0. The Morgan fingerprint density at radius 3 is 1.67 bits per heavy atom. The zero-order valence-corrected chi connectivity index (χ0v) is 14.5. The van der Waals surface area contributed by atoms with Crippen LogP contribution in [0.15, 0.2) is 0 Å². The predicted molar refractivity (Wildman–Crippen MR) is 91.5 cm³/mol. The molecule has 0 saturated carbocycles. The Morgan fingerprint density at radius 2 is 1.29 bits per heavy atom. The van der Waals surface area contributed by atoms with Gasteiger partial charge in [-0.3, -0.25) is 4.79 Å². The third kappa shape index (κ3) is 12.9. The van der Waals surface area contributed by atoms with Crippen LogP contribution in [0, 0.1) is 23.7 Å². The largest absolute Gasteiger partial charge is 0.481 e. The Kier molecular flexibility index (Phi) is 8.82. The summed E-state index contributed by atoms with van der Waals surface area (Å²) in [7, 11) is 0. The normalized spacial score (nSPS) is 18.6. The molecule has 0 bridgehead atoms. The first-order valence-electron chi connectivity index (χ1n) is 10.3. The molecule has 0 aromatic carbocycles. The van der Waals surface area contributed by atoms with Crippen LogP contribution in [0.25, 0.3) is 0 Å². The summed E-state index contributed by atoms with van der Waals surface area (Å²) in [5.74, 6) is -0.299. The average molecular weight is 302 g/mol. The molecule has 2 nitrogen and oxygen atoms in total. The molecule has 0 fully saturated rings. The van der Waals surface area contributed by atoms with E-state index in [2.05, 4.69) is 27.7 Å². The minimum atomic E-state index is -2.39. The molecule has 0 aliphatic carbocycles. The Labute approximate surface area is 136 Å². The van der Waals surface area contributed by atoms with E-state index in [0.717, 1.165) is 24.7 Å². The van der Waals surface area contributed by atoms with Gasteiger partial charge in [0, 0.05) is 4.11 Å². The Balaban J connectivity index is 3.83. The number of hydrogen-bond donors (Lipinski definition) is 1. The van der Waals surface area contributed by atoms with Gasteiger partial charge < -0.3 is 5.11 Å². The molecule has 3 unspecified atom stereocenters. The lowest BCUT2D eigenvalue weighted by atomic mass is 9.91. The van der Waals surface area contributed by atoms with Gasteiger partial charge >= 0.3 is 5.97 Å². The first-order valence-corrected chi connectivity index (χ1v) is 8.76.